The summed E-state index contributed by atoms with van der Waals surface area (Å²) in [5.41, 5.74) is 0.521. The number of carboxylic acid groups (broad SMARTS) is 1. The van der Waals surface area contributed by atoms with Gasteiger partial charge in [0.15, 0.2) is 0 Å². The summed E-state index contributed by atoms with van der Waals surface area (Å²) in [5, 5.41) is 15.7. The Labute approximate surface area is 153 Å². The van der Waals surface area contributed by atoms with Crippen molar-refractivity contribution in [3.8, 4) is 5.75 Å². The van der Waals surface area contributed by atoms with E-state index < -0.39 is 12.0 Å². The highest BCUT2D eigenvalue weighted by Crippen LogP contribution is 2.23. The zero-order chi connectivity index (χ0) is 18.8. The van der Waals surface area contributed by atoms with Crippen LogP contribution in [0.3, 0.4) is 0 Å². The normalized spacial score (nSPS) is 16.0. The van der Waals surface area contributed by atoms with E-state index >= 15 is 0 Å². The van der Waals surface area contributed by atoms with E-state index in [-0.39, 0.29) is 12.3 Å². The Hall–Kier alpha value is -2.16. The van der Waals surface area contributed by atoms with Gasteiger partial charge >= 0.3 is 0 Å². The molecular weight excluding hydrogens is 338 g/mol. The molecular formula is C18H28N3O5+. The van der Waals surface area contributed by atoms with Crippen LogP contribution in [-0.4, -0.2) is 64.4 Å². The number of anilines is 1. The quantitative estimate of drug-likeness (QED) is 0.383. The molecule has 1 fully saturated rings. The molecule has 4 N–H and O–H groups in total. The van der Waals surface area contributed by atoms with Crippen LogP contribution >= 0.6 is 0 Å². The molecule has 1 atom stereocenters. The molecule has 0 radical (unpaired) electrons. The number of hydrogen-bond acceptors (Lipinski definition) is 5. The Kier molecular flexibility index (Phi) is 8.33. The van der Waals surface area contributed by atoms with E-state index in [4.69, 9.17) is 9.47 Å². The molecule has 0 aromatic heterocycles. The molecule has 1 aromatic carbocycles. The molecule has 0 spiro atoms. The highest BCUT2D eigenvalue weighted by atomic mass is 16.5. The molecule has 1 heterocycles. The number of carboxylic acids is 1. The molecule has 1 saturated heterocycles. The number of morpholine rings is 1. The van der Waals surface area contributed by atoms with Crippen molar-refractivity contribution < 1.29 is 34.4 Å². The number of para-hydroxylation sites is 2. The van der Waals surface area contributed by atoms with E-state index in [2.05, 4.69) is 5.32 Å². The molecule has 1 aromatic rings. The third kappa shape index (κ3) is 6.62. The summed E-state index contributed by atoms with van der Waals surface area (Å²) < 4.78 is 10.5. The summed E-state index contributed by atoms with van der Waals surface area (Å²) in [6, 6.07) is 6.10. The van der Waals surface area contributed by atoms with Crippen LogP contribution < -0.4 is 25.4 Å². The summed E-state index contributed by atoms with van der Waals surface area (Å²) in [6.07, 6.45) is 0.734. The molecule has 8 heteroatoms. The van der Waals surface area contributed by atoms with Gasteiger partial charge in [0, 0.05) is 6.42 Å². The van der Waals surface area contributed by atoms with Gasteiger partial charge in [-0.2, -0.15) is 0 Å². The molecule has 0 saturated carbocycles. The van der Waals surface area contributed by atoms with Crippen molar-refractivity contribution in [2.75, 3.05) is 51.8 Å². The Morgan fingerprint density at radius 3 is 2.77 bits per heavy atom. The molecule has 1 aliphatic heterocycles. The zero-order valence-corrected chi connectivity index (χ0v) is 15.2. The fourth-order valence-electron chi connectivity index (χ4n) is 2.99. The van der Waals surface area contributed by atoms with Crippen molar-refractivity contribution in [1.82, 2.24) is 0 Å². The Morgan fingerprint density at radius 2 is 2.08 bits per heavy atom. The minimum Gasteiger partial charge on any atom is -0.544 e. The number of nitrogens with two attached hydrogens (primary N) is 1. The Bertz CT molecular complexity index is 590. The monoisotopic (exact) mass is 366 g/mol. The number of benzene rings is 1. The second-order valence-corrected chi connectivity index (χ2v) is 6.37. The minimum atomic E-state index is -1.22. The topological polar surface area (TPSA) is 109 Å². The summed E-state index contributed by atoms with van der Waals surface area (Å²) in [7, 11) is 1.51. The van der Waals surface area contributed by atoms with Crippen molar-refractivity contribution in [1.29, 1.82) is 0 Å². The van der Waals surface area contributed by atoms with Crippen molar-refractivity contribution in [2.45, 2.75) is 18.9 Å². The first-order valence-corrected chi connectivity index (χ1v) is 8.98. The maximum atomic E-state index is 12.2. The first-order valence-electron chi connectivity index (χ1n) is 8.98. The fourth-order valence-corrected chi connectivity index (χ4v) is 2.99. The maximum Gasteiger partial charge on any atom is 0.230 e. The van der Waals surface area contributed by atoms with Crippen LogP contribution in [0.5, 0.6) is 5.75 Å². The number of aliphatic carboxylic acids is 1. The van der Waals surface area contributed by atoms with Gasteiger partial charge in [0.25, 0.3) is 0 Å². The first kappa shape index (κ1) is 20.2. The third-order valence-electron chi connectivity index (χ3n) is 4.47. The maximum absolute atomic E-state index is 12.2. The number of hydrogen-bond donors (Lipinski definition) is 3. The predicted octanol–water partition coefficient (Wildman–Crippen LogP) is -2.99. The van der Waals surface area contributed by atoms with Crippen molar-refractivity contribution >= 4 is 17.6 Å². The van der Waals surface area contributed by atoms with E-state index in [9.17, 15) is 14.7 Å². The highest BCUT2D eigenvalue weighted by molar-refractivity contribution is 5.94. The Balaban J connectivity index is 1.75. The lowest BCUT2D eigenvalue weighted by Crippen LogP contribution is -3.14. The van der Waals surface area contributed by atoms with E-state index in [0.717, 1.165) is 39.3 Å². The molecule has 8 nitrogen and oxygen atoms in total. The smallest absolute Gasteiger partial charge is 0.230 e. The number of carbonyl (C=O) groups is 2. The highest BCUT2D eigenvalue weighted by Gasteiger charge is 2.20. The number of quaternary nitrogens is 2. The van der Waals surface area contributed by atoms with Gasteiger partial charge < -0.3 is 34.9 Å². The van der Waals surface area contributed by atoms with Gasteiger partial charge in [-0.05, 0) is 12.1 Å². The van der Waals surface area contributed by atoms with Crippen LogP contribution in [0.15, 0.2) is 24.3 Å². The second-order valence-electron chi connectivity index (χ2n) is 6.37. The van der Waals surface area contributed by atoms with Crippen LogP contribution in [0.2, 0.25) is 0 Å². The second kappa shape index (κ2) is 10.7. The van der Waals surface area contributed by atoms with Crippen molar-refractivity contribution in [3.63, 3.8) is 0 Å². The lowest BCUT2D eigenvalue weighted by Gasteiger charge is -2.23. The van der Waals surface area contributed by atoms with Gasteiger partial charge in [-0.15, -0.1) is 0 Å². The summed E-state index contributed by atoms with van der Waals surface area (Å²) in [6.45, 7) is 5.17. The molecule has 2 rings (SSSR count). The molecule has 26 heavy (non-hydrogen) atoms. The largest absolute Gasteiger partial charge is 0.544 e. The van der Waals surface area contributed by atoms with E-state index in [1.807, 2.05) is 0 Å². The number of carbonyl (C=O) groups excluding carboxylic acids is 2. The number of nitrogens with one attached hydrogen (secondary N) is 2. The summed E-state index contributed by atoms with van der Waals surface area (Å²) in [4.78, 5) is 25.0. The number of amides is 1. The van der Waals surface area contributed by atoms with Gasteiger partial charge in [0.1, 0.15) is 24.9 Å². The van der Waals surface area contributed by atoms with Crippen molar-refractivity contribution in [2.24, 2.45) is 0 Å². The molecule has 1 aliphatic rings. The summed E-state index contributed by atoms with van der Waals surface area (Å²) >= 11 is 0. The summed E-state index contributed by atoms with van der Waals surface area (Å²) in [5.74, 6) is -1.07. The van der Waals surface area contributed by atoms with Crippen LogP contribution in [0, 0.1) is 0 Å². The average molecular weight is 366 g/mol. The molecule has 144 valence electrons. The standard InChI is InChI=1S/C18H27N3O5/c1-25-16-6-3-2-5-14(16)20-17(22)13-15(18(23)24)19-7-4-8-21-9-11-26-12-10-21/h2-3,5-6,15,19H,4,7-13H2,1H3,(H,20,22)(H,23,24)/p+1/t15-/m1/s1. The van der Waals surface area contributed by atoms with Crippen LogP contribution in [0.4, 0.5) is 5.69 Å². The Morgan fingerprint density at radius 1 is 1.35 bits per heavy atom. The lowest BCUT2D eigenvalue weighted by molar-refractivity contribution is -0.909. The minimum absolute atomic E-state index is 0.148. The number of ether oxygens (including phenoxy) is 2. The van der Waals surface area contributed by atoms with Crippen LogP contribution in [0.1, 0.15) is 12.8 Å². The van der Waals surface area contributed by atoms with Crippen LogP contribution in [-0.2, 0) is 14.3 Å². The van der Waals surface area contributed by atoms with E-state index in [1.54, 1.807) is 29.6 Å². The van der Waals surface area contributed by atoms with Gasteiger partial charge in [-0.1, -0.05) is 12.1 Å². The van der Waals surface area contributed by atoms with Gasteiger partial charge in [-0.3, -0.25) is 4.79 Å². The number of rotatable bonds is 10. The molecule has 1 amide bonds. The van der Waals surface area contributed by atoms with E-state index in [0.29, 0.717) is 18.0 Å². The number of methoxy groups -OCH3 is 1. The zero-order valence-electron chi connectivity index (χ0n) is 15.2. The van der Waals surface area contributed by atoms with Crippen LogP contribution in [0.25, 0.3) is 0 Å². The van der Waals surface area contributed by atoms with Gasteiger partial charge in [-0.25, -0.2) is 0 Å². The predicted molar refractivity (Wildman–Crippen MR) is 92.8 cm³/mol. The average Bonchev–Trinajstić information content (AvgIpc) is 2.65. The first-order chi connectivity index (χ1) is 12.6. The molecule has 0 aliphatic carbocycles. The van der Waals surface area contributed by atoms with Crippen molar-refractivity contribution in [3.05, 3.63) is 24.3 Å². The SMILES string of the molecule is COc1ccccc1NC(=O)C[C@@H]([NH2+]CCC[NH+]1CCOCC1)C(=O)[O-]. The molecule has 0 unspecified atom stereocenters. The van der Waals surface area contributed by atoms with Gasteiger partial charge in [0.2, 0.25) is 5.91 Å². The fraction of sp³-hybridized carbons (Fsp3) is 0.556. The third-order valence-corrected chi connectivity index (χ3v) is 4.47. The lowest BCUT2D eigenvalue weighted by atomic mass is 10.2. The van der Waals surface area contributed by atoms with Gasteiger partial charge in [0.05, 0.1) is 51.5 Å². The molecule has 0 bridgehead atoms. The van der Waals surface area contributed by atoms with E-state index in [1.165, 1.54) is 12.0 Å².